The Morgan fingerprint density at radius 2 is 1.71 bits per heavy atom. The van der Waals surface area contributed by atoms with Gasteiger partial charge in [-0.1, -0.05) is 13.8 Å². The summed E-state index contributed by atoms with van der Waals surface area (Å²) < 4.78 is 1.22. The standard InChI is InChI=1S/C12H13N5O4/c1-7(2)10-11(17(20)21)12(13)15(14-10)8-3-5-9(6-4-8)16(18)19/h3-7H,13H2,1-2H3. The van der Waals surface area contributed by atoms with Crippen molar-refractivity contribution < 1.29 is 9.85 Å². The number of anilines is 1. The number of benzene rings is 1. The molecule has 0 aliphatic carbocycles. The average Bonchev–Trinajstić information content (AvgIpc) is 2.76. The van der Waals surface area contributed by atoms with Gasteiger partial charge in [-0.3, -0.25) is 20.2 Å². The van der Waals surface area contributed by atoms with E-state index in [1.807, 2.05) is 0 Å². The van der Waals surface area contributed by atoms with E-state index >= 15 is 0 Å². The van der Waals surface area contributed by atoms with Gasteiger partial charge in [0.05, 0.1) is 15.5 Å². The lowest BCUT2D eigenvalue weighted by atomic mass is 10.1. The predicted octanol–water partition coefficient (Wildman–Crippen LogP) is 2.39. The van der Waals surface area contributed by atoms with Gasteiger partial charge in [-0.25, -0.2) is 4.68 Å². The lowest BCUT2D eigenvalue weighted by Crippen LogP contribution is -2.03. The van der Waals surface area contributed by atoms with E-state index < -0.39 is 9.85 Å². The van der Waals surface area contributed by atoms with Gasteiger partial charge in [-0.2, -0.15) is 5.10 Å². The number of nitrogen functional groups attached to an aromatic ring is 1. The zero-order valence-electron chi connectivity index (χ0n) is 11.4. The average molecular weight is 291 g/mol. The second-order valence-electron chi connectivity index (χ2n) is 4.72. The van der Waals surface area contributed by atoms with Crippen LogP contribution in [0.25, 0.3) is 5.69 Å². The zero-order chi connectivity index (χ0) is 15.7. The highest BCUT2D eigenvalue weighted by atomic mass is 16.6. The Hall–Kier alpha value is -2.97. The van der Waals surface area contributed by atoms with E-state index in [9.17, 15) is 20.2 Å². The van der Waals surface area contributed by atoms with Crippen LogP contribution in [0.1, 0.15) is 25.5 Å². The number of rotatable bonds is 4. The van der Waals surface area contributed by atoms with Crippen molar-refractivity contribution in [2.24, 2.45) is 0 Å². The first-order valence-corrected chi connectivity index (χ1v) is 6.10. The molecule has 0 atom stereocenters. The van der Waals surface area contributed by atoms with Crippen LogP contribution in [-0.4, -0.2) is 19.6 Å². The molecule has 0 amide bonds. The third-order valence-electron chi connectivity index (χ3n) is 2.96. The molecule has 0 saturated heterocycles. The summed E-state index contributed by atoms with van der Waals surface area (Å²) in [5, 5.41) is 25.9. The van der Waals surface area contributed by atoms with Crippen LogP contribution in [-0.2, 0) is 0 Å². The Morgan fingerprint density at radius 1 is 1.14 bits per heavy atom. The first-order valence-electron chi connectivity index (χ1n) is 6.10. The summed E-state index contributed by atoms with van der Waals surface area (Å²) in [6, 6.07) is 5.46. The first-order chi connectivity index (χ1) is 9.82. The molecule has 2 N–H and O–H groups in total. The second-order valence-corrected chi connectivity index (χ2v) is 4.72. The summed E-state index contributed by atoms with van der Waals surface area (Å²) in [5.74, 6) is -0.274. The molecular weight excluding hydrogens is 278 g/mol. The van der Waals surface area contributed by atoms with Gasteiger partial charge in [0.25, 0.3) is 5.69 Å². The molecular formula is C12H13N5O4. The highest BCUT2D eigenvalue weighted by Gasteiger charge is 2.28. The SMILES string of the molecule is CC(C)c1nn(-c2ccc([N+](=O)[O-])cc2)c(N)c1[N+](=O)[O-]. The van der Waals surface area contributed by atoms with Crippen molar-refractivity contribution in [1.29, 1.82) is 0 Å². The minimum atomic E-state index is -0.570. The molecule has 0 unspecified atom stereocenters. The van der Waals surface area contributed by atoms with Crippen molar-refractivity contribution in [1.82, 2.24) is 9.78 Å². The summed E-state index contributed by atoms with van der Waals surface area (Å²) in [4.78, 5) is 20.6. The molecule has 0 fully saturated rings. The number of non-ortho nitro benzene ring substituents is 1. The van der Waals surface area contributed by atoms with Gasteiger partial charge in [-0.05, 0) is 12.1 Å². The largest absolute Gasteiger partial charge is 0.378 e. The van der Waals surface area contributed by atoms with Gasteiger partial charge in [0.15, 0.2) is 0 Å². The number of aromatic nitrogens is 2. The van der Waals surface area contributed by atoms with Crippen LogP contribution < -0.4 is 5.73 Å². The van der Waals surface area contributed by atoms with Gasteiger partial charge < -0.3 is 5.73 Å². The molecule has 0 bridgehead atoms. The monoisotopic (exact) mass is 291 g/mol. The van der Waals surface area contributed by atoms with Crippen molar-refractivity contribution in [2.45, 2.75) is 19.8 Å². The third kappa shape index (κ3) is 2.53. The van der Waals surface area contributed by atoms with Crippen LogP contribution in [0.2, 0.25) is 0 Å². The Bertz CT molecular complexity index is 705. The van der Waals surface area contributed by atoms with Crippen LogP contribution in [0.3, 0.4) is 0 Å². The van der Waals surface area contributed by atoms with Crippen LogP contribution in [0.15, 0.2) is 24.3 Å². The van der Waals surface area contributed by atoms with Gasteiger partial charge in [-0.15, -0.1) is 0 Å². The normalized spacial score (nSPS) is 10.8. The van der Waals surface area contributed by atoms with Crippen molar-refractivity contribution >= 4 is 17.2 Å². The number of nitro groups is 2. The van der Waals surface area contributed by atoms with Crippen LogP contribution in [0.5, 0.6) is 0 Å². The maximum atomic E-state index is 11.1. The van der Waals surface area contributed by atoms with Gasteiger partial charge >= 0.3 is 5.69 Å². The molecule has 0 saturated carbocycles. The summed E-state index contributed by atoms with van der Waals surface area (Å²) in [7, 11) is 0. The molecule has 1 heterocycles. The second kappa shape index (κ2) is 5.19. The maximum absolute atomic E-state index is 11.1. The zero-order valence-corrected chi connectivity index (χ0v) is 11.4. The highest BCUT2D eigenvalue weighted by molar-refractivity contribution is 5.61. The van der Waals surface area contributed by atoms with E-state index in [1.54, 1.807) is 13.8 Å². The van der Waals surface area contributed by atoms with Crippen LogP contribution >= 0.6 is 0 Å². The van der Waals surface area contributed by atoms with Crippen molar-refractivity contribution in [3.05, 3.63) is 50.2 Å². The van der Waals surface area contributed by atoms with Crippen LogP contribution in [0, 0.1) is 20.2 Å². The summed E-state index contributed by atoms with van der Waals surface area (Å²) in [6.07, 6.45) is 0. The van der Waals surface area contributed by atoms with E-state index in [0.29, 0.717) is 5.69 Å². The molecule has 1 aromatic heterocycles. The van der Waals surface area contributed by atoms with E-state index in [-0.39, 0.29) is 28.8 Å². The quantitative estimate of drug-likeness (QED) is 0.679. The Kier molecular flexibility index (Phi) is 3.57. The molecule has 21 heavy (non-hydrogen) atoms. The number of hydrogen-bond acceptors (Lipinski definition) is 6. The fourth-order valence-corrected chi connectivity index (χ4v) is 1.93. The van der Waals surface area contributed by atoms with Crippen molar-refractivity contribution in [3.63, 3.8) is 0 Å². The first kappa shape index (κ1) is 14.4. The molecule has 0 aliphatic rings. The smallest absolute Gasteiger partial charge is 0.334 e. The third-order valence-corrected chi connectivity index (χ3v) is 2.96. The van der Waals surface area contributed by atoms with Crippen molar-refractivity contribution in [2.75, 3.05) is 5.73 Å². The van der Waals surface area contributed by atoms with Crippen LogP contribution in [0.4, 0.5) is 17.2 Å². The van der Waals surface area contributed by atoms with E-state index in [2.05, 4.69) is 5.10 Å². The molecule has 0 spiro atoms. The Balaban J connectivity index is 2.56. The topological polar surface area (TPSA) is 130 Å². The molecule has 110 valence electrons. The summed E-state index contributed by atoms with van der Waals surface area (Å²) in [5.41, 5.74) is 6.18. The summed E-state index contributed by atoms with van der Waals surface area (Å²) in [6.45, 7) is 3.55. The highest BCUT2D eigenvalue weighted by Crippen LogP contribution is 2.33. The summed E-state index contributed by atoms with van der Waals surface area (Å²) >= 11 is 0. The maximum Gasteiger partial charge on any atom is 0.334 e. The number of nitro benzene ring substituents is 1. The van der Waals surface area contributed by atoms with Gasteiger partial charge in [0, 0.05) is 18.1 Å². The Labute approximate surface area is 119 Å². The fraction of sp³-hybridized carbons (Fsp3) is 0.250. The molecule has 0 radical (unpaired) electrons. The lowest BCUT2D eigenvalue weighted by molar-refractivity contribution is -0.384. The minimum Gasteiger partial charge on any atom is -0.378 e. The van der Waals surface area contributed by atoms with Gasteiger partial charge in [0.2, 0.25) is 5.82 Å². The number of nitrogens with zero attached hydrogens (tertiary/aromatic N) is 4. The predicted molar refractivity (Wildman–Crippen MR) is 75.4 cm³/mol. The van der Waals surface area contributed by atoms with E-state index in [0.717, 1.165) is 0 Å². The molecule has 9 nitrogen and oxygen atoms in total. The lowest BCUT2D eigenvalue weighted by Gasteiger charge is -2.02. The molecule has 2 rings (SSSR count). The van der Waals surface area contributed by atoms with E-state index in [4.69, 9.17) is 5.73 Å². The fourth-order valence-electron chi connectivity index (χ4n) is 1.93. The molecule has 0 aliphatic heterocycles. The Morgan fingerprint density at radius 3 is 2.10 bits per heavy atom. The molecule has 9 heteroatoms. The number of nitrogens with two attached hydrogens (primary N) is 1. The van der Waals surface area contributed by atoms with Crippen molar-refractivity contribution in [3.8, 4) is 5.69 Å². The molecule has 1 aromatic carbocycles. The molecule has 2 aromatic rings. The number of hydrogen-bond donors (Lipinski definition) is 1. The van der Waals surface area contributed by atoms with E-state index in [1.165, 1.54) is 28.9 Å². The minimum absolute atomic E-state index is 0.0805. The van der Waals surface area contributed by atoms with Gasteiger partial charge in [0.1, 0.15) is 5.69 Å².